The number of hydrogen-bond acceptors (Lipinski definition) is 7. The maximum atomic E-state index is 12.2. The first-order valence-corrected chi connectivity index (χ1v) is 10.1. The van der Waals surface area contributed by atoms with Gasteiger partial charge < -0.3 is 9.73 Å². The Labute approximate surface area is 179 Å². The molecule has 10 heteroatoms. The topological polar surface area (TPSA) is 110 Å². The van der Waals surface area contributed by atoms with Gasteiger partial charge in [-0.3, -0.25) is 9.89 Å². The van der Waals surface area contributed by atoms with Crippen LogP contribution in [-0.4, -0.2) is 30.4 Å². The molecule has 0 bridgehead atoms. The van der Waals surface area contributed by atoms with E-state index in [2.05, 4.69) is 29.9 Å². The number of carbonyl (C=O) groups is 1. The lowest BCUT2D eigenvalue weighted by atomic mass is 10.1. The molecule has 5 rings (SSSR count). The van der Waals surface area contributed by atoms with Crippen molar-refractivity contribution in [1.82, 2.24) is 24.5 Å². The zero-order valence-corrected chi connectivity index (χ0v) is 16.9. The Morgan fingerprint density at radius 3 is 3.07 bits per heavy atom. The van der Waals surface area contributed by atoms with Gasteiger partial charge in [0.2, 0.25) is 0 Å². The number of carbonyl (C=O) groups excluding carboxylic acids is 1. The maximum Gasteiger partial charge on any atom is 0.277 e. The second-order valence-corrected chi connectivity index (χ2v) is 7.68. The van der Waals surface area contributed by atoms with Crippen LogP contribution in [0.1, 0.15) is 21.1 Å². The summed E-state index contributed by atoms with van der Waals surface area (Å²) in [5.41, 5.74) is 3.48. The fourth-order valence-electron chi connectivity index (χ4n) is 3.03. The molecule has 5 aromatic rings. The molecule has 0 spiro atoms. The number of H-pyrrole nitrogens is 1. The van der Waals surface area contributed by atoms with E-state index in [4.69, 9.17) is 16.0 Å². The van der Waals surface area contributed by atoms with E-state index in [0.717, 1.165) is 27.0 Å². The Kier molecular flexibility index (Phi) is 4.74. The number of nitrogens with one attached hydrogen (secondary N) is 2. The van der Waals surface area contributed by atoms with Crippen LogP contribution in [0.15, 0.2) is 59.7 Å². The number of amides is 1. The standard InChI is InChI=1S/C20H13ClN6O2S/c21-18-11(4-5-15-14(18)8-23-26-15)7-17-25-19(27-30-17)12-2-1-3-13(6-12)24-20(28)16-9-29-10-22-16/h1-6,8-10H,7H2,(H,23,26)(H,24,28). The summed E-state index contributed by atoms with van der Waals surface area (Å²) >= 11 is 7.83. The zero-order valence-electron chi connectivity index (χ0n) is 15.3. The highest BCUT2D eigenvalue weighted by Crippen LogP contribution is 2.29. The monoisotopic (exact) mass is 436 g/mol. The number of anilines is 1. The predicted molar refractivity (Wildman–Crippen MR) is 114 cm³/mol. The molecule has 148 valence electrons. The molecule has 0 radical (unpaired) electrons. The van der Waals surface area contributed by atoms with E-state index < -0.39 is 0 Å². The number of benzene rings is 2. The number of fused-ring (bicyclic) bond motifs is 1. The van der Waals surface area contributed by atoms with E-state index >= 15 is 0 Å². The Bertz CT molecular complexity index is 1340. The molecular formula is C20H13ClN6O2S. The third kappa shape index (κ3) is 3.56. The molecule has 0 saturated carbocycles. The van der Waals surface area contributed by atoms with Crippen LogP contribution in [0.2, 0.25) is 5.02 Å². The smallest absolute Gasteiger partial charge is 0.277 e. The SMILES string of the molecule is O=C(Nc1cccc(-c2nsc(Cc3ccc4[nH]ncc4c3Cl)n2)c1)c1cocn1. The van der Waals surface area contributed by atoms with Gasteiger partial charge in [0.1, 0.15) is 11.3 Å². The first kappa shape index (κ1) is 18.5. The molecule has 1 amide bonds. The number of oxazole rings is 1. The molecule has 0 atom stereocenters. The van der Waals surface area contributed by atoms with Crippen LogP contribution < -0.4 is 5.32 Å². The Morgan fingerprint density at radius 2 is 2.20 bits per heavy atom. The van der Waals surface area contributed by atoms with Crippen LogP contribution in [0, 0.1) is 0 Å². The minimum Gasteiger partial charge on any atom is -0.451 e. The molecule has 3 aromatic heterocycles. The highest BCUT2D eigenvalue weighted by molar-refractivity contribution is 7.05. The number of nitrogens with zero attached hydrogens (tertiary/aromatic N) is 4. The van der Waals surface area contributed by atoms with Gasteiger partial charge in [-0.25, -0.2) is 9.97 Å². The van der Waals surface area contributed by atoms with Crippen molar-refractivity contribution in [2.45, 2.75) is 6.42 Å². The van der Waals surface area contributed by atoms with Gasteiger partial charge in [-0.1, -0.05) is 29.8 Å². The summed E-state index contributed by atoms with van der Waals surface area (Å²) in [6.07, 6.45) is 4.79. The molecule has 0 fully saturated rings. The average Bonchev–Trinajstić information content (AvgIpc) is 3.52. The van der Waals surface area contributed by atoms with Gasteiger partial charge in [-0.05, 0) is 35.3 Å². The predicted octanol–water partition coefficient (Wildman–Crippen LogP) is 4.57. The van der Waals surface area contributed by atoms with Gasteiger partial charge in [0, 0.05) is 23.1 Å². The van der Waals surface area contributed by atoms with Crippen LogP contribution in [-0.2, 0) is 6.42 Å². The summed E-state index contributed by atoms with van der Waals surface area (Å²) < 4.78 is 9.30. The first-order valence-electron chi connectivity index (χ1n) is 8.90. The molecule has 2 aromatic carbocycles. The van der Waals surface area contributed by atoms with E-state index in [1.54, 1.807) is 12.3 Å². The van der Waals surface area contributed by atoms with Gasteiger partial charge in [-0.15, -0.1) is 0 Å². The molecule has 0 unspecified atom stereocenters. The van der Waals surface area contributed by atoms with E-state index in [1.165, 1.54) is 24.2 Å². The quantitative estimate of drug-likeness (QED) is 0.417. The van der Waals surface area contributed by atoms with Crippen LogP contribution in [0.25, 0.3) is 22.3 Å². The maximum absolute atomic E-state index is 12.2. The summed E-state index contributed by atoms with van der Waals surface area (Å²) in [5.74, 6) is 0.241. The highest BCUT2D eigenvalue weighted by Gasteiger charge is 2.13. The number of aromatic nitrogens is 5. The van der Waals surface area contributed by atoms with Gasteiger partial charge in [0.05, 0.1) is 16.7 Å². The molecule has 3 heterocycles. The van der Waals surface area contributed by atoms with Crippen LogP contribution in [0.3, 0.4) is 0 Å². The molecule has 0 aliphatic heterocycles. The van der Waals surface area contributed by atoms with Crippen molar-refractivity contribution in [1.29, 1.82) is 0 Å². The number of aromatic amines is 1. The van der Waals surface area contributed by atoms with E-state index in [1.807, 2.05) is 30.3 Å². The summed E-state index contributed by atoms with van der Waals surface area (Å²) in [6.45, 7) is 0. The Morgan fingerprint density at radius 1 is 1.27 bits per heavy atom. The normalized spacial score (nSPS) is 11.1. The van der Waals surface area contributed by atoms with Crippen molar-refractivity contribution >= 4 is 45.6 Å². The number of rotatable bonds is 5. The molecule has 8 nitrogen and oxygen atoms in total. The summed E-state index contributed by atoms with van der Waals surface area (Å²) in [7, 11) is 0. The van der Waals surface area contributed by atoms with E-state index in [0.29, 0.717) is 23.0 Å². The largest absolute Gasteiger partial charge is 0.451 e. The van der Waals surface area contributed by atoms with Gasteiger partial charge >= 0.3 is 0 Å². The highest BCUT2D eigenvalue weighted by atomic mass is 35.5. The van der Waals surface area contributed by atoms with E-state index in [9.17, 15) is 4.79 Å². The zero-order chi connectivity index (χ0) is 20.5. The lowest BCUT2D eigenvalue weighted by Crippen LogP contribution is -2.12. The molecule has 30 heavy (non-hydrogen) atoms. The minimum absolute atomic E-state index is 0.209. The molecule has 0 aliphatic carbocycles. The van der Waals surface area contributed by atoms with Crippen molar-refractivity contribution in [2.75, 3.05) is 5.32 Å². The van der Waals surface area contributed by atoms with Gasteiger partial charge in [-0.2, -0.15) is 9.47 Å². The van der Waals surface area contributed by atoms with Crippen molar-refractivity contribution in [2.24, 2.45) is 0 Å². The van der Waals surface area contributed by atoms with E-state index in [-0.39, 0.29) is 11.6 Å². The Hall–Kier alpha value is -3.56. The third-order valence-corrected chi connectivity index (χ3v) is 5.65. The Balaban J connectivity index is 1.36. The summed E-state index contributed by atoms with van der Waals surface area (Å²) in [4.78, 5) is 20.6. The van der Waals surface area contributed by atoms with Crippen molar-refractivity contribution in [3.8, 4) is 11.4 Å². The van der Waals surface area contributed by atoms with Crippen LogP contribution in [0.4, 0.5) is 5.69 Å². The summed E-state index contributed by atoms with van der Waals surface area (Å²) in [6, 6.07) is 11.2. The van der Waals surface area contributed by atoms with Gasteiger partial charge in [0.15, 0.2) is 17.9 Å². The van der Waals surface area contributed by atoms with Crippen molar-refractivity contribution in [3.05, 3.63) is 76.5 Å². The van der Waals surface area contributed by atoms with Crippen molar-refractivity contribution < 1.29 is 9.21 Å². The second kappa shape index (κ2) is 7.69. The molecule has 0 saturated heterocycles. The van der Waals surface area contributed by atoms with Crippen LogP contribution in [0.5, 0.6) is 0 Å². The minimum atomic E-state index is -0.350. The third-order valence-electron chi connectivity index (χ3n) is 4.49. The fourth-order valence-corrected chi connectivity index (χ4v) is 3.99. The first-order chi connectivity index (χ1) is 14.7. The second-order valence-electron chi connectivity index (χ2n) is 6.47. The summed E-state index contributed by atoms with van der Waals surface area (Å²) in [5, 5.41) is 12.1. The molecule has 2 N–H and O–H groups in total. The van der Waals surface area contributed by atoms with Crippen LogP contribution >= 0.6 is 23.1 Å². The van der Waals surface area contributed by atoms with Crippen molar-refractivity contribution in [3.63, 3.8) is 0 Å². The average molecular weight is 437 g/mol. The number of hydrogen-bond donors (Lipinski definition) is 2. The van der Waals surface area contributed by atoms with Gasteiger partial charge in [0.25, 0.3) is 5.91 Å². The number of halogens is 1. The molecular weight excluding hydrogens is 424 g/mol. The lowest BCUT2D eigenvalue weighted by molar-refractivity contribution is 0.102. The molecule has 0 aliphatic rings. The fraction of sp³-hybridized carbons (Fsp3) is 0.0500. The lowest BCUT2D eigenvalue weighted by Gasteiger charge is -2.04.